The Balaban J connectivity index is 0.846. The minimum absolute atomic E-state index is 0.00873. The molecule has 51 heavy (non-hydrogen) atoms. The van der Waals surface area contributed by atoms with E-state index in [4.69, 9.17) is 23.7 Å². The molecule has 4 heterocycles. The molecule has 0 aromatic heterocycles. The van der Waals surface area contributed by atoms with Crippen molar-refractivity contribution in [1.29, 1.82) is 0 Å². The normalized spacial score (nSPS) is 48.9. The molecule has 9 rings (SSSR count). The third-order valence-electron chi connectivity index (χ3n) is 17.7. The first-order valence-electron chi connectivity index (χ1n) is 21.4. The van der Waals surface area contributed by atoms with Gasteiger partial charge in [0.15, 0.2) is 6.29 Å². The van der Waals surface area contributed by atoms with Crippen molar-refractivity contribution in [2.75, 3.05) is 59.2 Å². The molecule has 9 aliphatic rings. The Morgan fingerprint density at radius 1 is 0.902 bits per heavy atom. The summed E-state index contributed by atoms with van der Waals surface area (Å²) < 4.78 is 32.2. The first-order valence-corrected chi connectivity index (χ1v) is 21.4. The van der Waals surface area contributed by atoms with Gasteiger partial charge in [0.05, 0.1) is 50.3 Å². The molecule has 0 radical (unpaired) electrons. The highest BCUT2D eigenvalue weighted by Gasteiger charge is 2.81. The number of hydrogen-bond acceptors (Lipinski definition) is 8. The SMILES string of the molecule is CCOC(C1CCC2C(CC3C4CCC5C(C)(C)C(OC6CN(C7(C)CN(CC8(C)COC8)C7)CCO6)CCC56CC46CCC23C)O1)C(C)(C)O. The maximum Gasteiger partial charge on any atom is 0.170 e. The molecule has 5 saturated carbocycles. The molecule has 0 amide bonds. The van der Waals surface area contributed by atoms with Crippen molar-refractivity contribution in [3.8, 4) is 0 Å². The molecule has 9 fully saturated rings. The molecule has 2 spiro atoms. The number of rotatable bonds is 9. The zero-order valence-electron chi connectivity index (χ0n) is 33.5. The van der Waals surface area contributed by atoms with Gasteiger partial charge in [-0.05, 0) is 137 Å². The molecule has 0 aromatic rings. The number of fused-ring (bicyclic) bond motifs is 4. The molecule has 4 saturated heterocycles. The van der Waals surface area contributed by atoms with Gasteiger partial charge in [0.25, 0.3) is 0 Å². The largest absolute Gasteiger partial charge is 0.388 e. The van der Waals surface area contributed by atoms with E-state index in [1.54, 1.807) is 0 Å². The molecular weight excluding hydrogens is 640 g/mol. The summed E-state index contributed by atoms with van der Waals surface area (Å²) in [6.45, 7) is 27.0. The summed E-state index contributed by atoms with van der Waals surface area (Å²) in [5, 5.41) is 11.0. The standard InChI is InChI=1S/C43H72N2O6/c1-9-48-36(38(4,5)46)31-12-10-29-32(50-31)20-30-28-11-13-33-37(2,3)34(14-15-43(33)22-42(28,43)17-16-41(29,30)8)51-35-21-45(18-19-49-35)40(7)24-44(25-40)23-39(6)26-47-27-39/h28-36,46H,9-27H2,1-8H3. The van der Waals surface area contributed by atoms with E-state index < -0.39 is 5.60 Å². The van der Waals surface area contributed by atoms with Crippen LogP contribution in [0.1, 0.15) is 120 Å². The zero-order valence-corrected chi connectivity index (χ0v) is 33.5. The van der Waals surface area contributed by atoms with E-state index in [-0.39, 0.29) is 35.6 Å². The number of morpholine rings is 1. The second-order valence-electron chi connectivity index (χ2n) is 21.7. The minimum atomic E-state index is -0.899. The molecule has 8 nitrogen and oxygen atoms in total. The van der Waals surface area contributed by atoms with Crippen LogP contribution in [0.25, 0.3) is 0 Å². The highest BCUT2D eigenvalue weighted by atomic mass is 16.7. The Morgan fingerprint density at radius 3 is 2.37 bits per heavy atom. The quantitative estimate of drug-likeness (QED) is 0.290. The molecule has 0 bridgehead atoms. The van der Waals surface area contributed by atoms with Gasteiger partial charge in [0.2, 0.25) is 0 Å². The lowest BCUT2D eigenvalue weighted by atomic mass is 9.46. The summed E-state index contributed by atoms with van der Waals surface area (Å²) in [6, 6.07) is 0. The Morgan fingerprint density at radius 2 is 1.67 bits per heavy atom. The predicted octanol–water partition coefficient (Wildman–Crippen LogP) is 6.52. The average Bonchev–Trinajstić information content (AvgIpc) is 3.62. The fourth-order valence-corrected chi connectivity index (χ4v) is 15.3. The first kappa shape index (κ1) is 36.3. The van der Waals surface area contributed by atoms with Gasteiger partial charge in [-0.25, -0.2) is 0 Å². The molecule has 290 valence electrons. The van der Waals surface area contributed by atoms with Crippen molar-refractivity contribution in [3.05, 3.63) is 0 Å². The monoisotopic (exact) mass is 713 g/mol. The molecule has 5 aliphatic carbocycles. The van der Waals surface area contributed by atoms with Crippen LogP contribution in [0, 0.1) is 50.7 Å². The maximum atomic E-state index is 11.0. The fourth-order valence-electron chi connectivity index (χ4n) is 15.3. The number of hydrogen-bond donors (Lipinski definition) is 1. The fraction of sp³-hybridized carbons (Fsp3) is 1.00. The van der Waals surface area contributed by atoms with Gasteiger partial charge >= 0.3 is 0 Å². The van der Waals surface area contributed by atoms with Crippen LogP contribution in [0.15, 0.2) is 0 Å². The van der Waals surface area contributed by atoms with E-state index in [9.17, 15) is 5.11 Å². The summed E-state index contributed by atoms with van der Waals surface area (Å²) in [6.07, 6.45) is 13.1. The lowest BCUT2D eigenvalue weighted by Crippen LogP contribution is -2.72. The van der Waals surface area contributed by atoms with Gasteiger partial charge < -0.3 is 28.8 Å². The van der Waals surface area contributed by atoms with E-state index in [1.807, 2.05) is 20.8 Å². The lowest BCUT2D eigenvalue weighted by Gasteiger charge is -2.60. The highest BCUT2D eigenvalue weighted by Crippen LogP contribution is 2.87. The summed E-state index contributed by atoms with van der Waals surface area (Å²) in [4.78, 5) is 5.31. The van der Waals surface area contributed by atoms with Gasteiger partial charge in [-0.1, -0.05) is 27.7 Å². The van der Waals surface area contributed by atoms with Crippen LogP contribution in [0.2, 0.25) is 0 Å². The van der Waals surface area contributed by atoms with Crippen molar-refractivity contribution >= 4 is 0 Å². The molecule has 12 atom stereocenters. The Hall–Kier alpha value is -0.320. The Kier molecular flexibility index (Phi) is 8.61. The molecule has 12 unspecified atom stereocenters. The molecular formula is C43H72N2O6. The summed E-state index contributed by atoms with van der Waals surface area (Å²) in [5.74, 6) is 2.99. The van der Waals surface area contributed by atoms with Crippen LogP contribution in [-0.2, 0) is 23.7 Å². The third-order valence-corrected chi connectivity index (χ3v) is 17.7. The number of ether oxygens (including phenoxy) is 5. The maximum absolute atomic E-state index is 11.0. The zero-order chi connectivity index (χ0) is 35.8. The van der Waals surface area contributed by atoms with Crippen molar-refractivity contribution in [2.45, 2.75) is 161 Å². The van der Waals surface area contributed by atoms with E-state index >= 15 is 0 Å². The lowest BCUT2D eigenvalue weighted by molar-refractivity contribution is -0.257. The summed E-state index contributed by atoms with van der Waals surface area (Å²) >= 11 is 0. The van der Waals surface area contributed by atoms with Gasteiger partial charge in [-0.3, -0.25) is 9.80 Å². The van der Waals surface area contributed by atoms with E-state index in [0.717, 1.165) is 76.7 Å². The Labute approximate surface area is 309 Å². The van der Waals surface area contributed by atoms with Gasteiger partial charge in [-0.15, -0.1) is 0 Å². The first-order chi connectivity index (χ1) is 24.1. The number of nitrogens with zero attached hydrogens (tertiary/aromatic N) is 2. The van der Waals surface area contributed by atoms with Crippen molar-refractivity contribution in [1.82, 2.24) is 9.80 Å². The molecule has 1 N–H and O–H groups in total. The molecule has 0 aromatic carbocycles. The van der Waals surface area contributed by atoms with Crippen LogP contribution >= 0.6 is 0 Å². The van der Waals surface area contributed by atoms with Crippen molar-refractivity contribution < 1.29 is 28.8 Å². The number of aliphatic hydroxyl groups is 1. The van der Waals surface area contributed by atoms with E-state index in [2.05, 4.69) is 44.4 Å². The average molecular weight is 713 g/mol. The molecule has 4 aliphatic heterocycles. The van der Waals surface area contributed by atoms with Crippen LogP contribution in [0.3, 0.4) is 0 Å². The van der Waals surface area contributed by atoms with Crippen molar-refractivity contribution in [3.63, 3.8) is 0 Å². The third kappa shape index (κ3) is 5.47. The minimum Gasteiger partial charge on any atom is -0.388 e. The van der Waals surface area contributed by atoms with Gasteiger partial charge in [-0.2, -0.15) is 0 Å². The van der Waals surface area contributed by atoms with Crippen LogP contribution in [0.5, 0.6) is 0 Å². The van der Waals surface area contributed by atoms with Crippen LogP contribution < -0.4 is 0 Å². The van der Waals surface area contributed by atoms with Crippen molar-refractivity contribution in [2.24, 2.45) is 50.7 Å². The van der Waals surface area contributed by atoms with E-state index in [1.165, 1.54) is 57.8 Å². The second-order valence-corrected chi connectivity index (χ2v) is 21.7. The predicted molar refractivity (Wildman–Crippen MR) is 197 cm³/mol. The van der Waals surface area contributed by atoms with Gasteiger partial charge in [0, 0.05) is 43.7 Å². The summed E-state index contributed by atoms with van der Waals surface area (Å²) in [7, 11) is 0. The van der Waals surface area contributed by atoms with E-state index in [0.29, 0.717) is 40.3 Å². The summed E-state index contributed by atoms with van der Waals surface area (Å²) in [5.41, 5.74) is 1.24. The Bertz CT molecular complexity index is 1320. The highest BCUT2D eigenvalue weighted by molar-refractivity contribution is 5.29. The van der Waals surface area contributed by atoms with Crippen LogP contribution in [-0.4, -0.2) is 116 Å². The van der Waals surface area contributed by atoms with Crippen LogP contribution in [0.4, 0.5) is 0 Å². The smallest absolute Gasteiger partial charge is 0.170 e. The molecule has 8 heteroatoms. The van der Waals surface area contributed by atoms with Gasteiger partial charge in [0.1, 0.15) is 6.10 Å². The number of likely N-dealkylation sites (tertiary alicyclic amines) is 1. The second kappa shape index (κ2) is 12.1. The topological polar surface area (TPSA) is 72.9 Å².